The highest BCUT2D eigenvalue weighted by Crippen LogP contribution is 2.37. The zero-order valence-electron chi connectivity index (χ0n) is 24.0. The molecule has 2 aliphatic rings. The van der Waals surface area contributed by atoms with Crippen LogP contribution in [0.3, 0.4) is 0 Å². The van der Waals surface area contributed by atoms with Crippen molar-refractivity contribution in [3.05, 3.63) is 25.3 Å². The first-order valence-electron chi connectivity index (χ1n) is 13.6. The number of aromatic nitrogens is 4. The molecule has 0 aliphatic heterocycles. The molecule has 0 aromatic carbocycles. The summed E-state index contributed by atoms with van der Waals surface area (Å²) in [6.45, 7) is 14.2. The molecule has 39 heavy (non-hydrogen) atoms. The monoisotopic (exact) mass is 545 g/mol. The quantitative estimate of drug-likeness (QED) is 0.369. The molecule has 2 fully saturated rings. The van der Waals surface area contributed by atoms with Crippen molar-refractivity contribution < 1.29 is 29.3 Å². The summed E-state index contributed by atoms with van der Waals surface area (Å²) in [5.74, 6) is -0.840. The number of hydrogen-bond acceptors (Lipinski definition) is 9. The first-order valence-corrected chi connectivity index (χ1v) is 13.6. The lowest BCUT2D eigenvalue weighted by Crippen LogP contribution is -2.44. The van der Waals surface area contributed by atoms with Gasteiger partial charge in [0.2, 0.25) is 0 Å². The van der Waals surface area contributed by atoms with E-state index in [1.807, 2.05) is 10.6 Å². The van der Waals surface area contributed by atoms with Crippen molar-refractivity contribution in [3.8, 4) is 0 Å². The van der Waals surface area contributed by atoms with Crippen LogP contribution in [0.25, 0.3) is 11.2 Å². The van der Waals surface area contributed by atoms with E-state index in [1.54, 1.807) is 47.9 Å². The zero-order chi connectivity index (χ0) is 29.0. The third-order valence-corrected chi connectivity index (χ3v) is 6.53. The second-order valence-corrected chi connectivity index (χ2v) is 12.3. The Labute approximate surface area is 230 Å². The van der Waals surface area contributed by atoms with E-state index in [1.165, 1.54) is 6.33 Å². The Morgan fingerprint density at radius 1 is 1.00 bits per heavy atom. The van der Waals surface area contributed by atoms with Gasteiger partial charge in [0.15, 0.2) is 22.8 Å². The van der Waals surface area contributed by atoms with Gasteiger partial charge in [-0.05, 0) is 79.6 Å². The first-order chi connectivity index (χ1) is 18.1. The van der Waals surface area contributed by atoms with E-state index in [0.29, 0.717) is 29.9 Å². The lowest BCUT2D eigenvalue weighted by atomic mass is 9.95. The summed E-state index contributed by atoms with van der Waals surface area (Å²) >= 11 is 0. The van der Waals surface area contributed by atoms with Gasteiger partial charge in [-0.15, -0.1) is 6.58 Å². The van der Waals surface area contributed by atoms with E-state index in [4.69, 9.17) is 19.7 Å². The van der Waals surface area contributed by atoms with Crippen LogP contribution in [0.4, 0.5) is 15.4 Å². The molecular formula is C28H43N5O6. The van der Waals surface area contributed by atoms with Crippen LogP contribution in [-0.4, -0.2) is 58.9 Å². The predicted octanol–water partition coefficient (Wildman–Crippen LogP) is 5.66. The van der Waals surface area contributed by atoms with Gasteiger partial charge in [0.1, 0.15) is 17.5 Å². The molecule has 0 radical (unpaired) electrons. The Bertz CT molecular complexity index is 1130. The minimum atomic E-state index is -1.32. The average molecular weight is 546 g/mol. The number of carbonyl (C=O) groups excluding carboxylic acids is 2. The smallest absolute Gasteiger partial charge is 0.425 e. The number of rotatable bonds is 3. The number of anilines is 1. The van der Waals surface area contributed by atoms with Gasteiger partial charge in [0.05, 0.1) is 6.33 Å². The maximum Gasteiger partial charge on any atom is 0.425 e. The number of carbonyl (C=O) groups is 2. The fourth-order valence-electron chi connectivity index (χ4n) is 4.71. The number of imide groups is 1. The molecular weight excluding hydrogens is 502 g/mol. The van der Waals surface area contributed by atoms with E-state index in [2.05, 4.69) is 21.5 Å². The van der Waals surface area contributed by atoms with E-state index in [0.717, 1.165) is 43.4 Å². The van der Waals surface area contributed by atoms with Crippen LogP contribution in [0.1, 0.15) is 99.0 Å². The van der Waals surface area contributed by atoms with Gasteiger partial charge in [0.25, 0.3) is 0 Å². The molecule has 11 nitrogen and oxygen atoms in total. The topological polar surface area (TPSA) is 140 Å². The van der Waals surface area contributed by atoms with Gasteiger partial charge in [-0.1, -0.05) is 12.5 Å². The Balaban J connectivity index is 0.000000449. The molecule has 2 aromatic rings. The van der Waals surface area contributed by atoms with Crippen molar-refractivity contribution >= 4 is 29.2 Å². The van der Waals surface area contributed by atoms with Crippen LogP contribution in [0, 0.1) is 5.92 Å². The van der Waals surface area contributed by atoms with Gasteiger partial charge in [0, 0.05) is 18.9 Å². The molecule has 2 saturated carbocycles. The summed E-state index contributed by atoms with van der Waals surface area (Å²) in [7, 11) is 0. The lowest BCUT2D eigenvalue weighted by Gasteiger charge is -2.28. The largest absolute Gasteiger partial charge is 0.443 e. The maximum absolute atomic E-state index is 13.0. The fraction of sp³-hybridized carbons (Fsp3) is 0.679. The van der Waals surface area contributed by atoms with E-state index >= 15 is 0 Å². The molecule has 2 heterocycles. The molecule has 0 saturated heterocycles. The average Bonchev–Trinajstić information content (AvgIpc) is 3.44. The molecule has 0 bridgehead atoms. The molecule has 2 unspecified atom stereocenters. The number of allylic oxidation sites excluding steroid dienone is 1. The third-order valence-electron chi connectivity index (χ3n) is 6.53. The number of hydrogen-bond donors (Lipinski definition) is 2. The summed E-state index contributed by atoms with van der Waals surface area (Å²) in [6.07, 6.45) is 10.4. The summed E-state index contributed by atoms with van der Waals surface area (Å²) in [4.78, 5) is 39.8. The van der Waals surface area contributed by atoms with Crippen LogP contribution >= 0.6 is 0 Å². The molecule has 2 aliphatic carbocycles. The second kappa shape index (κ2) is 12.0. The van der Waals surface area contributed by atoms with Crippen LogP contribution in [0.15, 0.2) is 25.3 Å². The highest BCUT2D eigenvalue weighted by atomic mass is 16.6. The van der Waals surface area contributed by atoms with E-state index < -0.39 is 29.2 Å². The Kier molecular flexibility index (Phi) is 9.38. The van der Waals surface area contributed by atoms with Crippen molar-refractivity contribution in [2.45, 2.75) is 116 Å². The molecule has 0 spiro atoms. The Morgan fingerprint density at radius 3 is 2.05 bits per heavy atom. The van der Waals surface area contributed by atoms with Crippen molar-refractivity contribution in [2.24, 2.45) is 5.92 Å². The number of aliphatic hydroxyl groups is 2. The summed E-state index contributed by atoms with van der Waals surface area (Å²) in [5.41, 5.74) is -0.739. The first kappa shape index (κ1) is 30.5. The summed E-state index contributed by atoms with van der Waals surface area (Å²) < 4.78 is 12.9. The highest BCUT2D eigenvalue weighted by Gasteiger charge is 2.36. The van der Waals surface area contributed by atoms with Crippen LogP contribution < -0.4 is 4.90 Å². The maximum atomic E-state index is 13.0. The molecule has 11 heteroatoms. The molecule has 2 N–H and O–H groups in total. The molecule has 2 aromatic heterocycles. The number of fused-ring (bicyclic) bond motifs is 1. The lowest BCUT2D eigenvalue weighted by molar-refractivity contribution is -0.180. The molecule has 216 valence electrons. The van der Waals surface area contributed by atoms with Gasteiger partial charge in [-0.25, -0.2) is 24.5 Å². The number of amides is 2. The second-order valence-electron chi connectivity index (χ2n) is 12.3. The van der Waals surface area contributed by atoms with Gasteiger partial charge in [-0.3, -0.25) is 0 Å². The Hall–Kier alpha value is -3.05. The van der Waals surface area contributed by atoms with Crippen molar-refractivity contribution in [1.82, 2.24) is 19.5 Å². The van der Waals surface area contributed by atoms with E-state index in [-0.39, 0.29) is 11.9 Å². The van der Waals surface area contributed by atoms with Gasteiger partial charge in [-0.2, -0.15) is 4.90 Å². The molecule has 4 rings (SSSR count). The molecule has 2 atom stereocenters. The SMILES string of the molecule is C=CC1CCC(n2cnc3c(N(C(=O)OC(C)(C)C)C(=O)OC(C)(C)C)ncnc32)C1.OC1(O)CCCCC1. The number of nitrogens with zero attached hydrogens (tertiary/aromatic N) is 5. The van der Waals surface area contributed by atoms with Crippen LogP contribution in [0.5, 0.6) is 0 Å². The van der Waals surface area contributed by atoms with Crippen molar-refractivity contribution in [2.75, 3.05) is 4.90 Å². The van der Waals surface area contributed by atoms with Crippen molar-refractivity contribution in [1.29, 1.82) is 0 Å². The minimum Gasteiger partial charge on any atom is -0.443 e. The van der Waals surface area contributed by atoms with Gasteiger partial charge < -0.3 is 24.3 Å². The number of imidazole rings is 1. The minimum absolute atomic E-state index is 0.0329. The third kappa shape index (κ3) is 8.47. The standard InChI is InChI=1S/C22H31N5O4.C6H12O2/c1-8-14-9-10-15(11-14)26-13-25-16-17(26)23-12-24-18(16)27(19(28)30-21(2,3)4)20(29)31-22(5,6)7;7-6(8)4-2-1-3-5-6/h8,12-15H,1,9-11H2,2-7H3;7-8H,1-5H2. The van der Waals surface area contributed by atoms with Crippen LogP contribution in [0.2, 0.25) is 0 Å². The molecule has 2 amide bonds. The highest BCUT2D eigenvalue weighted by molar-refractivity contribution is 6.12. The zero-order valence-corrected chi connectivity index (χ0v) is 24.0. The number of ether oxygens (including phenoxy) is 2. The fourth-order valence-corrected chi connectivity index (χ4v) is 4.71. The summed E-state index contributed by atoms with van der Waals surface area (Å²) in [6, 6.07) is 0.215. The summed E-state index contributed by atoms with van der Waals surface area (Å²) in [5, 5.41) is 17.9. The normalized spacial score (nSPS) is 21.0. The predicted molar refractivity (Wildman–Crippen MR) is 147 cm³/mol. The van der Waals surface area contributed by atoms with Crippen LogP contribution in [-0.2, 0) is 9.47 Å². The van der Waals surface area contributed by atoms with E-state index in [9.17, 15) is 9.59 Å². The van der Waals surface area contributed by atoms with Gasteiger partial charge >= 0.3 is 12.2 Å². The Morgan fingerprint density at radius 2 is 1.59 bits per heavy atom. The van der Waals surface area contributed by atoms with Crippen molar-refractivity contribution in [3.63, 3.8) is 0 Å².